The van der Waals surface area contributed by atoms with Gasteiger partial charge in [-0.1, -0.05) is 18.2 Å². The molecule has 1 aromatic rings. The van der Waals surface area contributed by atoms with Crippen molar-refractivity contribution in [2.45, 2.75) is 17.4 Å². The van der Waals surface area contributed by atoms with Gasteiger partial charge >= 0.3 is 5.97 Å². The summed E-state index contributed by atoms with van der Waals surface area (Å²) in [6.07, 6.45) is 1.41. The molecule has 106 valence electrons. The molecule has 0 radical (unpaired) electrons. The first-order chi connectivity index (χ1) is 8.83. The fourth-order valence-corrected chi connectivity index (χ4v) is 3.18. The van der Waals surface area contributed by atoms with Gasteiger partial charge in [-0.25, -0.2) is 8.42 Å². The summed E-state index contributed by atoms with van der Waals surface area (Å²) in [6.45, 7) is 0. The maximum Gasteiger partial charge on any atom is 0.321 e. The molecule has 0 aliphatic carbocycles. The summed E-state index contributed by atoms with van der Waals surface area (Å²) in [4.78, 5) is 11.0. The number of hydrogen-bond donors (Lipinski definition) is 2. The van der Waals surface area contributed by atoms with Crippen LogP contribution < -0.4 is 4.72 Å². The maximum absolute atomic E-state index is 11.9. The van der Waals surface area contributed by atoms with E-state index in [1.165, 1.54) is 18.4 Å². The zero-order chi connectivity index (χ0) is 14.5. The van der Waals surface area contributed by atoms with Gasteiger partial charge in [0.25, 0.3) is 0 Å². The van der Waals surface area contributed by atoms with Crippen LogP contribution in [-0.2, 0) is 25.6 Å². The van der Waals surface area contributed by atoms with Crippen molar-refractivity contribution in [2.24, 2.45) is 0 Å². The minimum Gasteiger partial charge on any atom is -0.480 e. The molecular formula is C11H15NO5S2. The molecule has 2 N–H and O–H groups in total. The third-order valence-electron chi connectivity index (χ3n) is 2.34. The lowest BCUT2D eigenvalue weighted by Gasteiger charge is -2.14. The predicted molar refractivity (Wildman–Crippen MR) is 71.7 cm³/mol. The van der Waals surface area contributed by atoms with E-state index in [0.717, 1.165) is 0 Å². The zero-order valence-electron chi connectivity index (χ0n) is 10.3. The van der Waals surface area contributed by atoms with Gasteiger partial charge in [0.1, 0.15) is 6.04 Å². The monoisotopic (exact) mass is 305 g/mol. The van der Waals surface area contributed by atoms with Gasteiger partial charge in [-0.2, -0.15) is 4.72 Å². The quantitative estimate of drug-likeness (QED) is 0.749. The number of carbonyl (C=O) groups is 1. The van der Waals surface area contributed by atoms with Crippen LogP contribution in [-0.4, -0.2) is 41.8 Å². The van der Waals surface area contributed by atoms with Gasteiger partial charge in [-0.05, 0) is 18.6 Å². The third-order valence-corrected chi connectivity index (χ3v) is 4.64. The Morgan fingerprint density at radius 3 is 2.42 bits per heavy atom. The van der Waals surface area contributed by atoms with E-state index in [1.54, 1.807) is 18.2 Å². The lowest BCUT2D eigenvalue weighted by atomic mass is 10.2. The Morgan fingerprint density at radius 2 is 1.95 bits per heavy atom. The Balaban J connectivity index is 2.84. The number of aliphatic carboxylic acids is 1. The molecule has 0 bridgehead atoms. The van der Waals surface area contributed by atoms with Crippen LogP contribution in [0.1, 0.15) is 6.42 Å². The molecule has 0 aliphatic heterocycles. The smallest absolute Gasteiger partial charge is 0.321 e. The molecule has 0 aliphatic rings. The molecule has 0 amide bonds. The van der Waals surface area contributed by atoms with Gasteiger partial charge in [0.15, 0.2) is 0 Å². The molecule has 1 aromatic carbocycles. The van der Waals surface area contributed by atoms with E-state index in [0.29, 0.717) is 0 Å². The number of carboxylic acid groups (broad SMARTS) is 1. The second-order valence-electron chi connectivity index (χ2n) is 3.89. The summed E-state index contributed by atoms with van der Waals surface area (Å²) in [6, 6.07) is 6.22. The van der Waals surface area contributed by atoms with Gasteiger partial charge < -0.3 is 5.11 Å². The van der Waals surface area contributed by atoms with Crippen LogP contribution in [0, 0.1) is 0 Å². The minimum absolute atomic E-state index is 0.00105. The highest BCUT2D eigenvalue weighted by Crippen LogP contribution is 2.09. The van der Waals surface area contributed by atoms with E-state index in [2.05, 4.69) is 4.72 Å². The van der Waals surface area contributed by atoms with Crippen molar-refractivity contribution >= 4 is 26.8 Å². The maximum atomic E-state index is 11.9. The van der Waals surface area contributed by atoms with Crippen LogP contribution in [0.25, 0.3) is 0 Å². The number of carboxylic acids is 1. The zero-order valence-corrected chi connectivity index (χ0v) is 11.9. The van der Waals surface area contributed by atoms with Crippen LogP contribution >= 0.6 is 0 Å². The molecular weight excluding hydrogens is 290 g/mol. The average molecular weight is 305 g/mol. The highest BCUT2D eigenvalue weighted by Gasteiger charge is 2.25. The molecule has 2 atom stereocenters. The first-order valence-corrected chi connectivity index (χ1v) is 8.64. The van der Waals surface area contributed by atoms with Crippen LogP contribution in [0.3, 0.4) is 0 Å². The Hall–Kier alpha value is -1.25. The van der Waals surface area contributed by atoms with Gasteiger partial charge in [0, 0.05) is 22.8 Å². The highest BCUT2D eigenvalue weighted by molar-refractivity contribution is 7.89. The van der Waals surface area contributed by atoms with E-state index >= 15 is 0 Å². The summed E-state index contributed by atoms with van der Waals surface area (Å²) in [5.74, 6) is -1.17. The van der Waals surface area contributed by atoms with Crippen molar-refractivity contribution < 1.29 is 22.5 Å². The molecule has 0 aromatic heterocycles. The largest absolute Gasteiger partial charge is 0.480 e. The molecule has 6 nitrogen and oxygen atoms in total. The number of rotatable bonds is 7. The fourth-order valence-electron chi connectivity index (χ4n) is 1.37. The first kappa shape index (κ1) is 15.8. The standard InChI is InChI=1S/C11H15NO5S2/c1-18(15)8-7-10(11(13)14)12-19(16,17)9-5-3-2-4-6-9/h2-6,10,12H,7-8H2,1H3,(H,13,14). The third kappa shape index (κ3) is 5.09. The second-order valence-corrected chi connectivity index (χ2v) is 7.16. The number of sulfonamides is 1. The van der Waals surface area contributed by atoms with Crippen molar-refractivity contribution in [1.29, 1.82) is 0 Å². The molecule has 19 heavy (non-hydrogen) atoms. The van der Waals surface area contributed by atoms with Crippen LogP contribution in [0.5, 0.6) is 0 Å². The topological polar surface area (TPSA) is 101 Å². The van der Waals surface area contributed by atoms with Crippen molar-refractivity contribution in [1.82, 2.24) is 4.72 Å². The molecule has 2 unspecified atom stereocenters. The SMILES string of the molecule is CS(=O)CCC(NS(=O)(=O)c1ccccc1)C(=O)O. The van der Waals surface area contributed by atoms with Crippen molar-refractivity contribution in [3.8, 4) is 0 Å². The van der Waals surface area contributed by atoms with Crippen LogP contribution in [0.2, 0.25) is 0 Å². The van der Waals surface area contributed by atoms with E-state index in [-0.39, 0.29) is 17.1 Å². The van der Waals surface area contributed by atoms with Gasteiger partial charge in [0.2, 0.25) is 10.0 Å². The normalized spacial score (nSPS) is 14.8. The molecule has 0 spiro atoms. The van der Waals surface area contributed by atoms with E-state index in [1.807, 2.05) is 0 Å². The first-order valence-electron chi connectivity index (χ1n) is 5.43. The Labute approximate surface area is 114 Å². The Bertz CT molecular complexity index is 556. The van der Waals surface area contributed by atoms with E-state index < -0.39 is 32.8 Å². The molecule has 0 fully saturated rings. The molecule has 0 saturated carbocycles. The Kier molecular flexibility index (Phi) is 5.64. The second kappa shape index (κ2) is 6.78. The summed E-state index contributed by atoms with van der Waals surface area (Å²) < 4.78 is 36.9. The predicted octanol–water partition coefficient (Wildman–Crippen LogP) is 0.187. The highest BCUT2D eigenvalue weighted by atomic mass is 32.2. The minimum atomic E-state index is -3.88. The summed E-state index contributed by atoms with van der Waals surface area (Å²) in [5, 5.41) is 8.97. The van der Waals surface area contributed by atoms with Crippen molar-refractivity contribution in [2.75, 3.05) is 12.0 Å². The van der Waals surface area contributed by atoms with E-state index in [4.69, 9.17) is 5.11 Å². The Morgan fingerprint density at radius 1 is 1.37 bits per heavy atom. The summed E-state index contributed by atoms with van der Waals surface area (Å²) in [5.41, 5.74) is 0. The van der Waals surface area contributed by atoms with Gasteiger partial charge in [-0.15, -0.1) is 0 Å². The van der Waals surface area contributed by atoms with Gasteiger partial charge in [0.05, 0.1) is 4.90 Å². The lowest BCUT2D eigenvalue weighted by molar-refractivity contribution is -0.139. The number of benzene rings is 1. The number of hydrogen-bond acceptors (Lipinski definition) is 4. The van der Waals surface area contributed by atoms with Gasteiger partial charge in [-0.3, -0.25) is 9.00 Å². The van der Waals surface area contributed by atoms with E-state index in [9.17, 15) is 17.4 Å². The average Bonchev–Trinajstić information content (AvgIpc) is 2.35. The summed E-state index contributed by atoms with van der Waals surface area (Å²) in [7, 11) is -5.06. The molecule has 8 heteroatoms. The fraction of sp³-hybridized carbons (Fsp3) is 0.364. The van der Waals surface area contributed by atoms with Crippen LogP contribution in [0.15, 0.2) is 35.2 Å². The molecule has 1 rings (SSSR count). The summed E-state index contributed by atoms with van der Waals surface area (Å²) >= 11 is 0. The molecule has 0 heterocycles. The number of nitrogens with one attached hydrogen (secondary N) is 1. The molecule has 0 saturated heterocycles. The van der Waals surface area contributed by atoms with Crippen molar-refractivity contribution in [3.05, 3.63) is 30.3 Å². The van der Waals surface area contributed by atoms with Crippen LogP contribution in [0.4, 0.5) is 0 Å². The van der Waals surface area contributed by atoms with Crippen molar-refractivity contribution in [3.63, 3.8) is 0 Å². The lowest BCUT2D eigenvalue weighted by Crippen LogP contribution is -2.41.